The smallest absolute Gasteiger partial charge is 0.238 e. The summed E-state index contributed by atoms with van der Waals surface area (Å²) in [6.07, 6.45) is 1.70. The van der Waals surface area contributed by atoms with E-state index in [2.05, 4.69) is 25.5 Å². The molecule has 0 aliphatic carbocycles. The Morgan fingerprint density at radius 3 is 2.70 bits per heavy atom. The average molecular weight is 421 g/mol. The molecular weight excluding hydrogens is 396 g/mol. The molecule has 0 bridgehead atoms. The summed E-state index contributed by atoms with van der Waals surface area (Å²) < 4.78 is 0. The van der Waals surface area contributed by atoms with Crippen molar-refractivity contribution in [2.75, 3.05) is 47.5 Å². The number of nitrogens with one attached hydrogen (secondary N) is 2. The zero-order chi connectivity index (χ0) is 20.8. The number of aromatic nitrogens is 2. The van der Waals surface area contributed by atoms with Crippen LogP contribution >= 0.6 is 11.8 Å². The van der Waals surface area contributed by atoms with E-state index in [-0.39, 0.29) is 5.91 Å². The molecule has 7 nitrogen and oxygen atoms in total. The first-order chi connectivity index (χ1) is 14.7. The Morgan fingerprint density at radius 2 is 1.87 bits per heavy atom. The summed E-state index contributed by atoms with van der Waals surface area (Å²) in [6.45, 7) is 2.34. The molecule has 3 aromatic rings. The number of carbonyl (C=O) groups is 1. The van der Waals surface area contributed by atoms with E-state index < -0.39 is 0 Å². The second-order valence-electron chi connectivity index (χ2n) is 7.03. The summed E-state index contributed by atoms with van der Waals surface area (Å²) >= 11 is 1.93. The maximum Gasteiger partial charge on any atom is 0.238 e. The molecule has 1 saturated heterocycles. The second-order valence-corrected chi connectivity index (χ2v) is 8.26. The number of hydrogen-bond donors (Lipinski definition) is 3. The van der Waals surface area contributed by atoms with Crippen molar-refractivity contribution in [3.05, 3.63) is 60.8 Å². The highest BCUT2D eigenvalue weighted by Crippen LogP contribution is 2.23. The maximum atomic E-state index is 12.4. The van der Waals surface area contributed by atoms with Gasteiger partial charge in [0.2, 0.25) is 11.9 Å². The summed E-state index contributed by atoms with van der Waals surface area (Å²) in [6, 6.07) is 17.0. The van der Waals surface area contributed by atoms with Gasteiger partial charge in [-0.1, -0.05) is 18.2 Å². The Balaban J connectivity index is 1.44. The Morgan fingerprint density at radius 1 is 1.07 bits per heavy atom. The molecule has 4 N–H and O–H groups in total. The monoisotopic (exact) mass is 420 g/mol. The molecule has 1 aliphatic rings. The van der Waals surface area contributed by atoms with Gasteiger partial charge in [-0.2, -0.15) is 11.8 Å². The van der Waals surface area contributed by atoms with Crippen LogP contribution in [0.25, 0.3) is 11.3 Å². The van der Waals surface area contributed by atoms with Crippen molar-refractivity contribution in [1.82, 2.24) is 14.9 Å². The topological polar surface area (TPSA) is 96.2 Å². The molecule has 154 valence electrons. The highest BCUT2D eigenvalue weighted by atomic mass is 32.2. The van der Waals surface area contributed by atoms with Crippen LogP contribution in [0.2, 0.25) is 0 Å². The first-order valence-corrected chi connectivity index (χ1v) is 11.0. The van der Waals surface area contributed by atoms with Gasteiger partial charge in [-0.25, -0.2) is 9.97 Å². The van der Waals surface area contributed by atoms with Gasteiger partial charge in [0.05, 0.1) is 12.2 Å². The van der Waals surface area contributed by atoms with Crippen LogP contribution in [-0.4, -0.2) is 51.9 Å². The SMILES string of the molecule is Nc1cccc(Nc2nccc(-c3cccc(NC(=O)CN4CCSCC4)c3)n2)c1. The third kappa shape index (κ3) is 5.49. The number of benzene rings is 2. The van der Waals surface area contributed by atoms with E-state index in [9.17, 15) is 4.79 Å². The first-order valence-electron chi connectivity index (χ1n) is 9.82. The first kappa shape index (κ1) is 20.2. The molecule has 0 spiro atoms. The lowest BCUT2D eigenvalue weighted by Crippen LogP contribution is -2.38. The lowest BCUT2D eigenvalue weighted by molar-refractivity contribution is -0.117. The van der Waals surface area contributed by atoms with Crippen molar-refractivity contribution in [2.45, 2.75) is 0 Å². The normalized spacial score (nSPS) is 14.3. The predicted octanol–water partition coefficient (Wildman–Crippen LogP) is 3.46. The van der Waals surface area contributed by atoms with Crippen LogP contribution in [0.15, 0.2) is 60.8 Å². The summed E-state index contributed by atoms with van der Waals surface area (Å²) in [7, 11) is 0. The molecule has 30 heavy (non-hydrogen) atoms. The molecule has 0 saturated carbocycles. The fourth-order valence-corrected chi connectivity index (χ4v) is 4.22. The summed E-state index contributed by atoms with van der Waals surface area (Å²) in [5, 5.41) is 6.17. The molecule has 2 heterocycles. The Kier molecular flexibility index (Phi) is 6.46. The minimum atomic E-state index is 0.00533. The molecular formula is C22H24N6OS. The number of anilines is 4. The highest BCUT2D eigenvalue weighted by Gasteiger charge is 2.14. The molecule has 8 heteroatoms. The largest absolute Gasteiger partial charge is 0.399 e. The van der Waals surface area contributed by atoms with Crippen molar-refractivity contribution in [1.29, 1.82) is 0 Å². The van der Waals surface area contributed by atoms with Crippen LogP contribution in [0.5, 0.6) is 0 Å². The van der Waals surface area contributed by atoms with Crippen LogP contribution in [0.3, 0.4) is 0 Å². The van der Waals surface area contributed by atoms with Crippen LogP contribution in [0.1, 0.15) is 0 Å². The molecule has 2 aromatic carbocycles. The third-order valence-electron chi connectivity index (χ3n) is 4.71. The standard InChI is InChI=1S/C22H24N6OS/c23-17-4-2-6-19(14-17)26-22-24-8-7-20(27-22)16-3-1-5-18(13-16)25-21(29)15-28-9-11-30-12-10-28/h1-8,13-14H,9-12,15,23H2,(H,25,29)(H,24,26,27). The number of carbonyl (C=O) groups excluding carboxylic acids is 1. The zero-order valence-electron chi connectivity index (χ0n) is 16.5. The fraction of sp³-hybridized carbons (Fsp3) is 0.227. The number of nitrogens with two attached hydrogens (primary N) is 1. The van der Waals surface area contributed by atoms with Crippen molar-refractivity contribution in [2.24, 2.45) is 0 Å². The van der Waals surface area contributed by atoms with Gasteiger partial charge in [0, 0.05) is 53.4 Å². The van der Waals surface area contributed by atoms with E-state index in [0.29, 0.717) is 18.2 Å². The number of thioether (sulfide) groups is 1. The highest BCUT2D eigenvalue weighted by molar-refractivity contribution is 7.99. The zero-order valence-corrected chi connectivity index (χ0v) is 17.4. The molecule has 1 aliphatic heterocycles. The Labute approximate surface area is 180 Å². The van der Waals surface area contributed by atoms with Crippen molar-refractivity contribution < 1.29 is 4.79 Å². The summed E-state index contributed by atoms with van der Waals surface area (Å²) in [4.78, 5) is 23.5. The van der Waals surface area contributed by atoms with E-state index in [4.69, 9.17) is 5.73 Å². The molecule has 1 aromatic heterocycles. The Hall–Kier alpha value is -3.10. The third-order valence-corrected chi connectivity index (χ3v) is 5.65. The van der Waals surface area contributed by atoms with Gasteiger partial charge in [0.15, 0.2) is 0 Å². The molecule has 0 atom stereocenters. The van der Waals surface area contributed by atoms with Crippen molar-refractivity contribution >= 4 is 40.7 Å². The van der Waals surface area contributed by atoms with Gasteiger partial charge >= 0.3 is 0 Å². The number of hydrogen-bond acceptors (Lipinski definition) is 7. The number of rotatable bonds is 6. The van der Waals surface area contributed by atoms with Gasteiger partial charge in [-0.15, -0.1) is 0 Å². The summed E-state index contributed by atoms with van der Waals surface area (Å²) in [5.74, 6) is 2.66. The summed E-state index contributed by atoms with van der Waals surface area (Å²) in [5.41, 5.74) is 9.75. The Bertz CT molecular complexity index is 1020. The molecule has 1 fully saturated rings. The van der Waals surface area contributed by atoms with E-state index in [0.717, 1.165) is 47.2 Å². The van der Waals surface area contributed by atoms with Crippen LogP contribution in [0, 0.1) is 0 Å². The number of nitrogens with zero attached hydrogens (tertiary/aromatic N) is 3. The van der Waals surface area contributed by atoms with Crippen LogP contribution in [0.4, 0.5) is 23.0 Å². The van der Waals surface area contributed by atoms with Crippen molar-refractivity contribution in [3.8, 4) is 11.3 Å². The van der Waals surface area contributed by atoms with Gasteiger partial charge in [0.25, 0.3) is 0 Å². The van der Waals surface area contributed by atoms with Gasteiger partial charge in [-0.3, -0.25) is 9.69 Å². The molecule has 4 rings (SSSR count). The van der Waals surface area contributed by atoms with E-state index in [1.54, 1.807) is 6.20 Å². The maximum absolute atomic E-state index is 12.4. The minimum Gasteiger partial charge on any atom is -0.399 e. The van der Waals surface area contributed by atoms with Gasteiger partial charge < -0.3 is 16.4 Å². The van der Waals surface area contributed by atoms with E-state index in [1.807, 2.05) is 66.4 Å². The van der Waals surface area contributed by atoms with Crippen LogP contribution < -0.4 is 16.4 Å². The lowest BCUT2D eigenvalue weighted by Gasteiger charge is -2.25. The van der Waals surface area contributed by atoms with Gasteiger partial charge in [-0.05, 0) is 36.4 Å². The fourth-order valence-electron chi connectivity index (χ4n) is 3.24. The van der Waals surface area contributed by atoms with Crippen LogP contribution in [-0.2, 0) is 4.79 Å². The molecule has 0 radical (unpaired) electrons. The van der Waals surface area contributed by atoms with Gasteiger partial charge in [0.1, 0.15) is 0 Å². The second kappa shape index (κ2) is 9.60. The quantitative estimate of drug-likeness (QED) is 0.526. The van der Waals surface area contributed by atoms with Crippen molar-refractivity contribution in [3.63, 3.8) is 0 Å². The lowest BCUT2D eigenvalue weighted by atomic mass is 10.1. The minimum absolute atomic E-state index is 0.00533. The van der Waals surface area contributed by atoms with E-state index >= 15 is 0 Å². The average Bonchev–Trinajstić information content (AvgIpc) is 2.75. The number of amides is 1. The molecule has 1 amide bonds. The molecule has 0 unspecified atom stereocenters. The number of nitrogen functional groups attached to an aromatic ring is 1. The predicted molar refractivity (Wildman–Crippen MR) is 124 cm³/mol. The van der Waals surface area contributed by atoms with E-state index in [1.165, 1.54) is 0 Å².